The normalized spacial score (nSPS) is 11.4. The van der Waals surface area contributed by atoms with Gasteiger partial charge in [-0.3, -0.25) is 18.7 Å². The summed E-state index contributed by atoms with van der Waals surface area (Å²) in [5, 5.41) is 1.04. The number of imidazole rings is 2. The number of aromatic nitrogens is 9. The zero-order valence-corrected chi connectivity index (χ0v) is 15.0. The average Bonchev–Trinajstić information content (AvgIpc) is 3.54. The maximum absolute atomic E-state index is 4.73. The number of rotatable bonds is 3. The second kappa shape index (κ2) is 6.06. The van der Waals surface area contributed by atoms with Crippen molar-refractivity contribution in [1.82, 2.24) is 43.6 Å². The zero-order valence-electron chi connectivity index (χ0n) is 15.0. The quantitative estimate of drug-likeness (QED) is 0.469. The van der Waals surface area contributed by atoms with Gasteiger partial charge in [0, 0.05) is 36.4 Å². The van der Waals surface area contributed by atoms with Crippen LogP contribution in [-0.2, 0) is 0 Å². The Labute approximate surface area is 164 Å². The number of benzene rings is 1. The molecule has 138 valence electrons. The Bertz CT molecular complexity index is 1340. The maximum atomic E-state index is 4.73. The van der Waals surface area contributed by atoms with Crippen LogP contribution in [-0.4, -0.2) is 43.6 Å². The van der Waals surface area contributed by atoms with E-state index in [0.29, 0.717) is 17.8 Å². The third-order valence-electron chi connectivity index (χ3n) is 4.70. The Morgan fingerprint density at radius 1 is 0.621 bits per heavy atom. The molecule has 1 aromatic carbocycles. The number of hydrogen-bond donors (Lipinski definition) is 0. The van der Waals surface area contributed by atoms with Crippen LogP contribution in [0.5, 0.6) is 0 Å². The molecule has 0 radical (unpaired) electrons. The molecule has 0 amide bonds. The summed E-state index contributed by atoms with van der Waals surface area (Å²) in [5.41, 5.74) is 2.80. The molecule has 0 fully saturated rings. The molecule has 29 heavy (non-hydrogen) atoms. The first-order valence-electron chi connectivity index (χ1n) is 8.96. The van der Waals surface area contributed by atoms with Gasteiger partial charge in [0.05, 0.1) is 16.6 Å². The summed E-state index contributed by atoms with van der Waals surface area (Å²) in [7, 11) is 0. The number of para-hydroxylation sites is 1. The molecular weight excluding hydrogens is 366 g/mol. The van der Waals surface area contributed by atoms with Gasteiger partial charge in [0.2, 0.25) is 17.8 Å². The van der Waals surface area contributed by atoms with Crippen molar-refractivity contribution in [2.75, 3.05) is 0 Å². The Kier molecular flexibility index (Phi) is 3.27. The van der Waals surface area contributed by atoms with Crippen LogP contribution in [0.25, 0.3) is 39.8 Å². The fraction of sp³-hybridized carbons (Fsp3) is 0. The Hall–Kier alpha value is -4.40. The molecule has 0 atom stereocenters. The van der Waals surface area contributed by atoms with Crippen molar-refractivity contribution >= 4 is 21.9 Å². The topological polar surface area (TPSA) is 92.1 Å². The first-order chi connectivity index (χ1) is 14.4. The van der Waals surface area contributed by atoms with Gasteiger partial charge in [-0.1, -0.05) is 18.2 Å². The SMILES string of the molecule is c1ccc2c(c1)c1ncccc1n2-c1nc(-n2ccnc2)nc(-n2ccnc2)n1. The van der Waals surface area contributed by atoms with Crippen LogP contribution in [0.3, 0.4) is 0 Å². The molecule has 0 aliphatic heterocycles. The predicted molar refractivity (Wildman–Crippen MR) is 106 cm³/mol. The van der Waals surface area contributed by atoms with E-state index in [4.69, 9.17) is 9.97 Å². The summed E-state index contributed by atoms with van der Waals surface area (Å²) in [4.78, 5) is 26.8. The van der Waals surface area contributed by atoms with Crippen LogP contribution >= 0.6 is 0 Å². The zero-order chi connectivity index (χ0) is 19.2. The lowest BCUT2D eigenvalue weighted by Gasteiger charge is -2.10. The molecule has 0 bridgehead atoms. The Morgan fingerprint density at radius 3 is 1.97 bits per heavy atom. The highest BCUT2D eigenvalue weighted by atomic mass is 15.3. The molecule has 0 unspecified atom stereocenters. The van der Waals surface area contributed by atoms with Crippen LogP contribution < -0.4 is 0 Å². The number of nitrogens with zero attached hydrogens (tertiary/aromatic N) is 9. The monoisotopic (exact) mass is 379 g/mol. The van der Waals surface area contributed by atoms with Crippen LogP contribution in [0.4, 0.5) is 0 Å². The van der Waals surface area contributed by atoms with E-state index in [9.17, 15) is 0 Å². The molecule has 5 aromatic heterocycles. The fourth-order valence-electron chi connectivity index (χ4n) is 3.43. The summed E-state index contributed by atoms with van der Waals surface area (Å²) < 4.78 is 5.50. The van der Waals surface area contributed by atoms with Crippen LogP contribution in [0.1, 0.15) is 0 Å². The lowest BCUT2D eigenvalue weighted by atomic mass is 10.2. The van der Waals surface area contributed by atoms with Gasteiger partial charge < -0.3 is 0 Å². The van der Waals surface area contributed by atoms with E-state index in [1.54, 1.807) is 52.8 Å². The van der Waals surface area contributed by atoms with Crippen LogP contribution in [0.2, 0.25) is 0 Å². The van der Waals surface area contributed by atoms with Crippen molar-refractivity contribution in [1.29, 1.82) is 0 Å². The second-order valence-electron chi connectivity index (χ2n) is 6.40. The van der Waals surface area contributed by atoms with E-state index < -0.39 is 0 Å². The molecule has 9 nitrogen and oxygen atoms in total. The summed E-state index contributed by atoms with van der Waals surface area (Å²) in [5.74, 6) is 1.42. The molecule has 0 saturated carbocycles. The molecule has 0 N–H and O–H groups in total. The van der Waals surface area contributed by atoms with Crippen molar-refractivity contribution in [2.45, 2.75) is 0 Å². The van der Waals surface area contributed by atoms with E-state index in [1.807, 2.05) is 34.9 Å². The second-order valence-corrected chi connectivity index (χ2v) is 6.40. The summed E-state index contributed by atoms with van der Waals surface area (Å²) >= 11 is 0. The van der Waals surface area contributed by atoms with Gasteiger partial charge >= 0.3 is 0 Å². The van der Waals surface area contributed by atoms with Gasteiger partial charge in [-0.25, -0.2) is 9.97 Å². The van der Waals surface area contributed by atoms with Gasteiger partial charge in [0.25, 0.3) is 0 Å². The highest BCUT2D eigenvalue weighted by Crippen LogP contribution is 2.29. The number of hydrogen-bond acceptors (Lipinski definition) is 6. The van der Waals surface area contributed by atoms with E-state index >= 15 is 0 Å². The molecule has 6 aromatic rings. The summed E-state index contributed by atoms with van der Waals surface area (Å²) in [6.45, 7) is 0. The van der Waals surface area contributed by atoms with Gasteiger partial charge in [-0.2, -0.15) is 15.0 Å². The minimum Gasteiger partial charge on any atom is -0.276 e. The summed E-state index contributed by atoms with van der Waals surface area (Å²) in [6.07, 6.45) is 12.1. The van der Waals surface area contributed by atoms with Crippen molar-refractivity contribution in [3.63, 3.8) is 0 Å². The van der Waals surface area contributed by atoms with Crippen molar-refractivity contribution in [3.05, 3.63) is 80.0 Å². The largest absolute Gasteiger partial charge is 0.276 e. The van der Waals surface area contributed by atoms with Gasteiger partial charge in [-0.05, 0) is 18.2 Å². The van der Waals surface area contributed by atoms with E-state index in [0.717, 1.165) is 21.9 Å². The molecular formula is C20H13N9. The van der Waals surface area contributed by atoms with Crippen LogP contribution in [0, 0.1) is 0 Å². The molecule has 0 saturated heterocycles. The van der Waals surface area contributed by atoms with E-state index in [1.165, 1.54) is 0 Å². The van der Waals surface area contributed by atoms with Crippen LogP contribution in [0.15, 0.2) is 80.0 Å². The third kappa shape index (κ3) is 2.41. The minimum atomic E-state index is 0.464. The highest BCUT2D eigenvalue weighted by Gasteiger charge is 2.17. The van der Waals surface area contributed by atoms with Gasteiger partial charge in [0.15, 0.2) is 0 Å². The highest BCUT2D eigenvalue weighted by molar-refractivity contribution is 6.06. The third-order valence-corrected chi connectivity index (χ3v) is 4.70. The van der Waals surface area contributed by atoms with E-state index in [2.05, 4.69) is 26.0 Å². The van der Waals surface area contributed by atoms with Gasteiger partial charge in [-0.15, -0.1) is 0 Å². The van der Waals surface area contributed by atoms with E-state index in [-0.39, 0.29) is 0 Å². The molecule has 9 heteroatoms. The molecule has 6 rings (SSSR count). The fourth-order valence-corrected chi connectivity index (χ4v) is 3.43. The lowest BCUT2D eigenvalue weighted by molar-refractivity contribution is 0.810. The first-order valence-corrected chi connectivity index (χ1v) is 8.96. The van der Waals surface area contributed by atoms with Crippen molar-refractivity contribution in [2.24, 2.45) is 0 Å². The van der Waals surface area contributed by atoms with Crippen molar-refractivity contribution < 1.29 is 0 Å². The molecule has 0 aliphatic rings. The Balaban J connectivity index is 1.71. The molecule has 0 spiro atoms. The maximum Gasteiger partial charge on any atom is 0.241 e. The molecule has 5 heterocycles. The minimum absolute atomic E-state index is 0.464. The van der Waals surface area contributed by atoms with Crippen molar-refractivity contribution in [3.8, 4) is 17.8 Å². The smallest absolute Gasteiger partial charge is 0.241 e. The Morgan fingerprint density at radius 2 is 1.28 bits per heavy atom. The number of fused-ring (bicyclic) bond motifs is 3. The first kappa shape index (κ1) is 15.6. The summed E-state index contributed by atoms with van der Waals surface area (Å²) in [6, 6.07) is 12.0. The lowest BCUT2D eigenvalue weighted by Crippen LogP contribution is -2.12. The molecule has 0 aliphatic carbocycles. The standard InChI is InChI=1S/C20H13N9/c1-2-5-15-14(4-1)17-16(6-3-7-23-17)29(15)20-25-18(27-10-8-21-12-27)24-19(26-20)28-11-9-22-13-28/h1-13H. The number of pyridine rings is 1. The average molecular weight is 379 g/mol. The van der Waals surface area contributed by atoms with Gasteiger partial charge in [0.1, 0.15) is 12.7 Å². The predicted octanol–water partition coefficient (Wildman–Crippen LogP) is 2.74.